The fourth-order valence-electron chi connectivity index (χ4n) is 4.80. The molecule has 0 spiro atoms. The number of halogens is 1. The highest BCUT2D eigenvalue weighted by atomic mass is 127. The number of amides is 1. The first-order valence-electron chi connectivity index (χ1n) is 11.7. The first kappa shape index (κ1) is 23.9. The summed E-state index contributed by atoms with van der Waals surface area (Å²) in [6.07, 6.45) is 0. The Hall–Kier alpha value is -3.44. The van der Waals surface area contributed by atoms with E-state index in [1.807, 2.05) is 50.2 Å². The Morgan fingerprint density at radius 2 is 1.76 bits per heavy atom. The lowest BCUT2D eigenvalue weighted by molar-refractivity contribution is -0.132. The highest BCUT2D eigenvalue weighted by Gasteiger charge is 2.48. The molecule has 3 heterocycles. The van der Waals surface area contributed by atoms with Crippen LogP contribution in [0, 0.1) is 17.4 Å². The molecular formula is C28H21IN2O5S. The largest absolute Gasteiger partial charge is 0.507 e. The number of carbonyl (C=O) groups excluding carboxylic acids is 2. The van der Waals surface area contributed by atoms with E-state index in [0.29, 0.717) is 41.0 Å². The minimum Gasteiger partial charge on any atom is -0.507 e. The van der Waals surface area contributed by atoms with Gasteiger partial charge in [0.2, 0.25) is 0 Å². The number of thiazole rings is 1. The molecule has 1 aromatic heterocycles. The number of nitrogens with zero attached hydrogens (tertiary/aromatic N) is 2. The summed E-state index contributed by atoms with van der Waals surface area (Å²) in [4.78, 5) is 33.2. The van der Waals surface area contributed by atoms with Crippen LogP contribution in [0.25, 0.3) is 16.0 Å². The lowest BCUT2D eigenvalue weighted by Gasteiger charge is -2.23. The van der Waals surface area contributed by atoms with Crippen molar-refractivity contribution >= 4 is 66.7 Å². The number of aliphatic hydroxyl groups is 1. The third-order valence-electron chi connectivity index (χ3n) is 6.47. The predicted octanol–water partition coefficient (Wildman–Crippen LogP) is 5.92. The summed E-state index contributed by atoms with van der Waals surface area (Å²) in [5, 5.41) is 11.9. The molecule has 0 aliphatic carbocycles. The molecule has 1 unspecified atom stereocenters. The van der Waals surface area contributed by atoms with Crippen molar-refractivity contribution in [3.8, 4) is 11.5 Å². The minimum atomic E-state index is -0.841. The van der Waals surface area contributed by atoms with E-state index < -0.39 is 17.7 Å². The number of Topliss-reactive ketones (excluding diaryl/α,β-unsaturated/α-hetero) is 1. The topological polar surface area (TPSA) is 89.0 Å². The van der Waals surface area contributed by atoms with E-state index in [1.165, 1.54) is 16.2 Å². The summed E-state index contributed by atoms with van der Waals surface area (Å²) in [5.74, 6) is -0.710. The quantitative estimate of drug-likeness (QED) is 0.132. The first-order chi connectivity index (χ1) is 17.8. The van der Waals surface area contributed by atoms with E-state index in [0.717, 1.165) is 24.9 Å². The standard InChI is InChI=1S/C28H21IN2O5S/c1-14-11-15(2)23-21(12-14)37-28(30-23)31-24(16-3-6-18(29)7-4-16)22(26(33)27(31)34)25(32)17-5-8-19-20(13-17)36-10-9-35-19/h3-8,11-13,24,32H,9-10H2,1-2H3/b25-22+. The van der Waals surface area contributed by atoms with Crippen molar-refractivity contribution in [3.05, 3.63) is 86.0 Å². The van der Waals surface area contributed by atoms with E-state index in [2.05, 4.69) is 22.6 Å². The van der Waals surface area contributed by atoms with Crippen LogP contribution in [0.15, 0.2) is 60.2 Å². The zero-order valence-corrected chi connectivity index (χ0v) is 22.9. The summed E-state index contributed by atoms with van der Waals surface area (Å²) in [7, 11) is 0. The SMILES string of the molecule is Cc1cc(C)c2nc(N3C(=O)C(=O)/C(=C(/O)c4ccc5c(c4)OCCO5)C3c3ccc(I)cc3)sc2c1. The number of aromatic nitrogens is 1. The van der Waals surface area contributed by atoms with Crippen LogP contribution in [-0.4, -0.2) is 35.0 Å². The Labute approximate surface area is 230 Å². The van der Waals surface area contributed by atoms with Gasteiger partial charge in [-0.1, -0.05) is 29.5 Å². The van der Waals surface area contributed by atoms with Gasteiger partial charge in [-0.05, 0) is 89.5 Å². The number of carbonyl (C=O) groups is 2. The van der Waals surface area contributed by atoms with E-state index in [4.69, 9.17) is 14.5 Å². The van der Waals surface area contributed by atoms with Crippen LogP contribution in [0.3, 0.4) is 0 Å². The molecule has 1 amide bonds. The average Bonchev–Trinajstić information content (AvgIpc) is 3.42. The summed E-state index contributed by atoms with van der Waals surface area (Å²) < 4.78 is 13.2. The molecule has 1 N–H and O–H groups in total. The molecule has 1 fully saturated rings. The molecule has 6 rings (SSSR count). The summed E-state index contributed by atoms with van der Waals surface area (Å²) in [6.45, 7) is 4.82. The van der Waals surface area contributed by atoms with Gasteiger partial charge in [0.15, 0.2) is 16.6 Å². The molecule has 4 aromatic rings. The van der Waals surface area contributed by atoms with Crippen LogP contribution >= 0.6 is 33.9 Å². The Kier molecular flexibility index (Phi) is 5.91. The second-order valence-electron chi connectivity index (χ2n) is 9.00. The van der Waals surface area contributed by atoms with Gasteiger partial charge >= 0.3 is 5.91 Å². The van der Waals surface area contributed by atoms with Crippen molar-refractivity contribution in [2.75, 3.05) is 18.1 Å². The maximum atomic E-state index is 13.5. The van der Waals surface area contributed by atoms with Crippen molar-refractivity contribution in [2.45, 2.75) is 19.9 Å². The molecular weight excluding hydrogens is 603 g/mol. The van der Waals surface area contributed by atoms with E-state index in [9.17, 15) is 14.7 Å². The fraction of sp³-hybridized carbons (Fsp3) is 0.179. The Bertz CT molecular complexity index is 1630. The number of aliphatic hydroxyl groups excluding tert-OH is 1. The van der Waals surface area contributed by atoms with Gasteiger partial charge in [0, 0.05) is 9.13 Å². The number of hydrogen-bond donors (Lipinski definition) is 1. The predicted molar refractivity (Wildman–Crippen MR) is 150 cm³/mol. The minimum absolute atomic E-state index is 0.00930. The van der Waals surface area contributed by atoms with Crippen molar-refractivity contribution in [2.24, 2.45) is 0 Å². The van der Waals surface area contributed by atoms with Gasteiger partial charge in [0.05, 0.1) is 21.8 Å². The molecule has 3 aromatic carbocycles. The van der Waals surface area contributed by atoms with Crippen LogP contribution in [0.1, 0.15) is 28.3 Å². The zero-order valence-electron chi connectivity index (χ0n) is 19.9. The van der Waals surface area contributed by atoms with Crippen molar-refractivity contribution < 1.29 is 24.2 Å². The molecule has 37 heavy (non-hydrogen) atoms. The molecule has 0 bridgehead atoms. The van der Waals surface area contributed by atoms with Crippen LogP contribution in [0.2, 0.25) is 0 Å². The summed E-state index contributed by atoms with van der Waals surface area (Å²) in [6, 6.07) is 15.8. The highest BCUT2D eigenvalue weighted by molar-refractivity contribution is 14.1. The first-order valence-corrected chi connectivity index (χ1v) is 13.6. The van der Waals surface area contributed by atoms with Gasteiger partial charge in [0.25, 0.3) is 5.78 Å². The third kappa shape index (κ3) is 4.06. The summed E-state index contributed by atoms with van der Waals surface area (Å²) in [5.41, 5.74) is 3.96. The van der Waals surface area contributed by atoms with Gasteiger partial charge in [-0.15, -0.1) is 0 Å². The van der Waals surface area contributed by atoms with Crippen LogP contribution < -0.4 is 14.4 Å². The Morgan fingerprint density at radius 3 is 2.51 bits per heavy atom. The van der Waals surface area contributed by atoms with E-state index in [1.54, 1.807) is 18.2 Å². The third-order valence-corrected chi connectivity index (χ3v) is 8.19. The van der Waals surface area contributed by atoms with Gasteiger partial charge in [-0.25, -0.2) is 4.98 Å². The summed E-state index contributed by atoms with van der Waals surface area (Å²) >= 11 is 3.56. The Morgan fingerprint density at radius 1 is 1.03 bits per heavy atom. The number of ether oxygens (including phenoxy) is 2. The van der Waals surface area contributed by atoms with Gasteiger partial charge in [-0.2, -0.15) is 0 Å². The maximum absolute atomic E-state index is 13.5. The molecule has 2 aliphatic heterocycles. The molecule has 1 atom stereocenters. The van der Waals surface area contributed by atoms with Crippen LogP contribution in [-0.2, 0) is 9.59 Å². The van der Waals surface area contributed by atoms with Crippen molar-refractivity contribution in [1.29, 1.82) is 0 Å². The lowest BCUT2D eigenvalue weighted by Crippen LogP contribution is -2.29. The number of hydrogen-bond acceptors (Lipinski definition) is 7. The zero-order chi connectivity index (χ0) is 25.8. The fourth-order valence-corrected chi connectivity index (χ4v) is 6.33. The molecule has 186 valence electrons. The van der Waals surface area contributed by atoms with Crippen molar-refractivity contribution in [1.82, 2.24) is 4.98 Å². The highest BCUT2D eigenvalue weighted by Crippen LogP contribution is 2.45. The smallest absolute Gasteiger partial charge is 0.301 e. The molecule has 9 heteroatoms. The molecule has 1 saturated heterocycles. The van der Waals surface area contributed by atoms with E-state index in [-0.39, 0.29) is 11.3 Å². The van der Waals surface area contributed by atoms with Gasteiger partial charge in [-0.3, -0.25) is 14.5 Å². The van der Waals surface area contributed by atoms with E-state index >= 15 is 0 Å². The number of anilines is 1. The molecule has 0 saturated carbocycles. The number of aryl methyl sites for hydroxylation is 2. The molecule has 0 radical (unpaired) electrons. The van der Waals surface area contributed by atoms with Gasteiger partial charge in [0.1, 0.15) is 19.0 Å². The van der Waals surface area contributed by atoms with Crippen molar-refractivity contribution in [3.63, 3.8) is 0 Å². The van der Waals surface area contributed by atoms with Gasteiger partial charge < -0.3 is 14.6 Å². The number of fused-ring (bicyclic) bond motifs is 2. The monoisotopic (exact) mass is 624 g/mol. The lowest BCUT2D eigenvalue weighted by atomic mass is 9.95. The number of benzene rings is 3. The second-order valence-corrected chi connectivity index (χ2v) is 11.3. The number of ketones is 1. The van der Waals surface area contributed by atoms with Crippen LogP contribution in [0.4, 0.5) is 5.13 Å². The number of rotatable bonds is 3. The normalized spacial score (nSPS) is 18.6. The van der Waals surface area contributed by atoms with Crippen LogP contribution in [0.5, 0.6) is 11.5 Å². The maximum Gasteiger partial charge on any atom is 0.301 e. The molecule has 2 aliphatic rings. The second kappa shape index (κ2) is 9.14. The average molecular weight is 624 g/mol. The molecule has 7 nitrogen and oxygen atoms in total. The Balaban J connectivity index is 1.55.